The average molecular weight is 317 g/mol. The molecule has 0 heterocycles. The molecule has 0 bridgehead atoms. The third kappa shape index (κ3) is 864. The predicted molar refractivity (Wildman–Crippen MR) is 37.1 cm³/mol. The molecule has 0 spiro atoms. The maximum atomic E-state index is 8.88. The minimum atomic E-state index is -4.64. The van der Waals surface area contributed by atoms with Crippen LogP contribution in [0.5, 0.6) is 0 Å². The molecule has 6 N–H and O–H groups in total. The van der Waals surface area contributed by atoms with Crippen LogP contribution in [0.15, 0.2) is 0 Å². The van der Waals surface area contributed by atoms with Crippen LogP contribution in [0, 0.1) is 0 Å². The molecule has 0 aromatic carbocycles. The van der Waals surface area contributed by atoms with E-state index >= 15 is 0 Å². The molecule has 0 fully saturated rings. The van der Waals surface area contributed by atoms with Crippen molar-refractivity contribution in [2.45, 2.75) is 0 Å². The molecule has 0 aliphatic rings. The Morgan fingerprint density at radius 3 is 0.636 bits per heavy atom. The number of hydrogen-bond donors (Lipinski definition) is 6. The fourth-order valence-electron chi connectivity index (χ4n) is 0. The van der Waals surface area contributed by atoms with Crippen LogP contribution in [0.3, 0.4) is 0 Å². The van der Waals surface area contributed by atoms with E-state index in [2.05, 4.69) is 0 Å². The van der Waals surface area contributed by atoms with E-state index in [0.717, 1.165) is 0 Å². The van der Waals surface area contributed by atoms with Gasteiger partial charge in [0.15, 0.2) is 0 Å². The van der Waals surface area contributed by atoms with Gasteiger partial charge in [0, 0.05) is 0 Å². The number of hydrogen-bond acceptors (Lipinski definition) is 2. The summed E-state index contributed by atoms with van der Waals surface area (Å²) in [5.41, 5.74) is 0. The van der Waals surface area contributed by atoms with Crippen LogP contribution in [0.1, 0.15) is 0 Å². The van der Waals surface area contributed by atoms with E-state index in [0.29, 0.717) is 0 Å². The summed E-state index contributed by atoms with van der Waals surface area (Å²) in [5.74, 6) is 0. The van der Waals surface area contributed by atoms with Crippen LogP contribution in [0.4, 0.5) is 0 Å². The van der Waals surface area contributed by atoms with Crippen molar-refractivity contribution in [3.05, 3.63) is 0 Å². The van der Waals surface area contributed by atoms with Gasteiger partial charge in [-0.15, -0.1) is 0 Å². The molecule has 0 saturated heterocycles. The van der Waals surface area contributed by atoms with Crippen LogP contribution in [-0.2, 0) is 9.13 Å². The molecule has 0 saturated carbocycles. The van der Waals surface area contributed by atoms with Crippen LogP contribution in [-0.4, -0.2) is 53.3 Å². The quantitative estimate of drug-likeness (QED) is 0.207. The topological polar surface area (TPSA) is 156 Å². The third-order valence-electron chi connectivity index (χ3n) is 0. The van der Waals surface area contributed by atoms with Crippen molar-refractivity contribution in [3.63, 3.8) is 0 Å². The van der Waals surface area contributed by atoms with E-state index in [1.54, 1.807) is 0 Å². The predicted octanol–water partition coefficient (Wildman–Crippen LogP) is -2.77. The van der Waals surface area contributed by atoms with E-state index in [-0.39, 0.29) is 23.9 Å². The summed E-state index contributed by atoms with van der Waals surface area (Å²) in [6, 6.07) is 0. The molecular formula is H8O8P2Sn. The van der Waals surface area contributed by atoms with Crippen molar-refractivity contribution >= 4 is 39.6 Å². The molecule has 0 aliphatic heterocycles. The molecular weight excluding hydrogens is 309 g/mol. The summed E-state index contributed by atoms with van der Waals surface area (Å²) in [6.07, 6.45) is 0. The molecule has 0 aromatic heterocycles. The van der Waals surface area contributed by atoms with Gasteiger partial charge in [0.25, 0.3) is 0 Å². The zero-order valence-electron chi connectivity index (χ0n) is 5.10. The van der Waals surface area contributed by atoms with Crippen LogP contribution < -0.4 is 0 Å². The van der Waals surface area contributed by atoms with E-state index in [9.17, 15) is 0 Å². The van der Waals surface area contributed by atoms with Gasteiger partial charge in [-0.1, -0.05) is 0 Å². The van der Waals surface area contributed by atoms with Crippen LogP contribution >= 0.6 is 15.6 Å². The Kier molecular flexibility index (Phi) is 10.6. The second kappa shape index (κ2) is 6.53. The Hall–Kier alpha value is 1.02. The normalized spacial score (nSPS) is 10.7. The van der Waals surface area contributed by atoms with Crippen molar-refractivity contribution in [3.8, 4) is 0 Å². The van der Waals surface area contributed by atoms with Crippen molar-refractivity contribution in [2.75, 3.05) is 0 Å². The molecule has 0 rings (SSSR count). The second-order valence-electron chi connectivity index (χ2n) is 1.03. The minimum absolute atomic E-state index is 0. The first-order chi connectivity index (χ1) is 4.00. The second-order valence-corrected chi connectivity index (χ2v) is 3.08. The molecule has 0 amide bonds. The molecule has 0 unspecified atom stereocenters. The first-order valence-corrected chi connectivity index (χ1v) is 4.70. The third-order valence-corrected chi connectivity index (χ3v) is 0. The van der Waals surface area contributed by atoms with Crippen molar-refractivity contribution < 1.29 is 38.5 Å². The van der Waals surface area contributed by atoms with Gasteiger partial charge < -0.3 is 29.4 Å². The van der Waals surface area contributed by atoms with E-state index in [1.165, 1.54) is 0 Å². The number of rotatable bonds is 0. The van der Waals surface area contributed by atoms with Crippen LogP contribution in [0.2, 0.25) is 0 Å². The summed E-state index contributed by atoms with van der Waals surface area (Å²) in [5, 5.41) is 0. The summed E-state index contributed by atoms with van der Waals surface area (Å²) < 4.78 is 17.8. The Labute approximate surface area is 78.3 Å². The van der Waals surface area contributed by atoms with Crippen molar-refractivity contribution in [2.24, 2.45) is 0 Å². The maximum absolute atomic E-state index is 8.88. The van der Waals surface area contributed by atoms with Crippen molar-refractivity contribution in [1.82, 2.24) is 0 Å². The first kappa shape index (κ1) is 17.9. The molecule has 0 atom stereocenters. The van der Waals surface area contributed by atoms with E-state index in [1.807, 2.05) is 0 Å². The van der Waals surface area contributed by atoms with Crippen LogP contribution in [0.25, 0.3) is 0 Å². The Morgan fingerprint density at radius 2 is 0.636 bits per heavy atom. The molecule has 2 radical (unpaired) electrons. The van der Waals surface area contributed by atoms with Gasteiger partial charge in [-0.05, 0) is 0 Å². The summed E-state index contributed by atoms with van der Waals surface area (Å²) in [4.78, 5) is 43.1. The molecule has 11 heteroatoms. The molecule has 8 nitrogen and oxygen atoms in total. The molecule has 11 heavy (non-hydrogen) atoms. The number of phosphoric acid groups is 2. The molecule has 0 aromatic rings. The zero-order valence-corrected chi connectivity index (χ0v) is 10.9. The Bertz CT molecular complexity index is 124. The Balaban J connectivity index is -0.000000107. The first-order valence-electron chi connectivity index (χ1n) is 1.57. The van der Waals surface area contributed by atoms with Gasteiger partial charge in [0.1, 0.15) is 0 Å². The van der Waals surface area contributed by atoms with E-state index in [4.69, 9.17) is 38.5 Å². The fraction of sp³-hybridized carbons (Fsp3) is 0. The molecule has 70 valence electrons. The SMILES string of the molecule is O=P(O)(O)O.O=P(O)(O)O.[SnH2]. The summed E-state index contributed by atoms with van der Waals surface area (Å²) >= 11 is 0. The van der Waals surface area contributed by atoms with Gasteiger partial charge in [-0.2, -0.15) is 0 Å². The average Bonchev–Trinajstić information content (AvgIpc) is 1.12. The van der Waals surface area contributed by atoms with Gasteiger partial charge in [-0.25, -0.2) is 9.13 Å². The zero-order chi connectivity index (χ0) is 9.00. The summed E-state index contributed by atoms with van der Waals surface area (Å²) in [7, 11) is -9.28. The standard InChI is InChI=1S/2H3O4P.Sn.2H/c2*1-5(2,3)4;;;/h2*(H3,1,2,3,4);;;. The van der Waals surface area contributed by atoms with Crippen molar-refractivity contribution in [1.29, 1.82) is 0 Å². The fourth-order valence-corrected chi connectivity index (χ4v) is 0. The van der Waals surface area contributed by atoms with Gasteiger partial charge in [0.05, 0.1) is 0 Å². The van der Waals surface area contributed by atoms with Gasteiger partial charge in [-0.3, -0.25) is 0 Å². The molecule has 0 aliphatic carbocycles. The van der Waals surface area contributed by atoms with E-state index < -0.39 is 15.6 Å². The monoisotopic (exact) mass is 318 g/mol. The Morgan fingerprint density at radius 1 is 0.636 bits per heavy atom. The van der Waals surface area contributed by atoms with Gasteiger partial charge in [0.2, 0.25) is 0 Å². The van der Waals surface area contributed by atoms with Gasteiger partial charge >= 0.3 is 39.6 Å². The summed E-state index contributed by atoms with van der Waals surface area (Å²) in [6.45, 7) is 0.